The second-order valence-corrected chi connectivity index (χ2v) is 9.47. The van der Waals surface area contributed by atoms with Gasteiger partial charge in [0, 0.05) is 17.8 Å². The van der Waals surface area contributed by atoms with Crippen LogP contribution in [-0.2, 0) is 16.1 Å². The first kappa shape index (κ1) is 27.8. The van der Waals surface area contributed by atoms with E-state index in [2.05, 4.69) is 43.8 Å². The predicted molar refractivity (Wildman–Crippen MR) is 149 cm³/mol. The van der Waals surface area contributed by atoms with Crippen LogP contribution < -0.4 is 10.1 Å². The van der Waals surface area contributed by atoms with Crippen LogP contribution in [0.5, 0.6) is 5.75 Å². The SMILES string of the molecule is CCOC(=O)c1ccc(NC(=O)/C(C#N)=C/c2cc(Br)c(OCc3cccc([N+](=O)[O-])c3)c(I)c2)cc1. The van der Waals surface area contributed by atoms with E-state index in [0.717, 1.165) is 0 Å². The molecule has 0 fully saturated rings. The van der Waals surface area contributed by atoms with Crippen molar-refractivity contribution in [2.24, 2.45) is 0 Å². The maximum atomic E-state index is 12.7. The molecule has 0 saturated carbocycles. The number of esters is 1. The van der Waals surface area contributed by atoms with Gasteiger partial charge in [-0.25, -0.2) is 4.79 Å². The second-order valence-electron chi connectivity index (χ2n) is 7.45. The first-order valence-corrected chi connectivity index (χ1v) is 12.6. The Morgan fingerprint density at radius 2 is 1.92 bits per heavy atom. The van der Waals surface area contributed by atoms with Gasteiger partial charge in [0.25, 0.3) is 11.6 Å². The molecule has 1 N–H and O–H groups in total. The molecule has 0 aromatic heterocycles. The summed E-state index contributed by atoms with van der Waals surface area (Å²) in [4.78, 5) is 34.9. The number of anilines is 1. The van der Waals surface area contributed by atoms with E-state index >= 15 is 0 Å². The third-order valence-electron chi connectivity index (χ3n) is 4.86. The molecule has 37 heavy (non-hydrogen) atoms. The maximum Gasteiger partial charge on any atom is 0.338 e. The minimum absolute atomic E-state index is 0.0207. The highest BCUT2D eigenvalue weighted by Crippen LogP contribution is 2.33. The van der Waals surface area contributed by atoms with E-state index in [4.69, 9.17) is 9.47 Å². The number of ether oxygens (including phenoxy) is 2. The van der Waals surface area contributed by atoms with E-state index in [-0.39, 0.29) is 24.5 Å². The summed E-state index contributed by atoms with van der Waals surface area (Å²) in [7, 11) is 0. The lowest BCUT2D eigenvalue weighted by Crippen LogP contribution is -2.13. The van der Waals surface area contributed by atoms with Crippen LogP contribution in [0.1, 0.15) is 28.4 Å². The van der Waals surface area contributed by atoms with Crippen LogP contribution in [0.2, 0.25) is 0 Å². The molecule has 0 aliphatic heterocycles. The number of hydrogen-bond acceptors (Lipinski definition) is 7. The second kappa shape index (κ2) is 13.0. The van der Waals surface area contributed by atoms with Crippen molar-refractivity contribution in [1.29, 1.82) is 5.26 Å². The number of nitrogens with one attached hydrogen (secondary N) is 1. The van der Waals surface area contributed by atoms with Crippen LogP contribution >= 0.6 is 38.5 Å². The number of carbonyl (C=O) groups is 2. The lowest BCUT2D eigenvalue weighted by atomic mass is 10.1. The lowest BCUT2D eigenvalue weighted by Gasteiger charge is -2.12. The topological polar surface area (TPSA) is 132 Å². The van der Waals surface area contributed by atoms with E-state index in [1.807, 2.05) is 6.07 Å². The van der Waals surface area contributed by atoms with Gasteiger partial charge in [0.05, 0.1) is 25.1 Å². The van der Waals surface area contributed by atoms with E-state index in [9.17, 15) is 25.0 Å². The Bertz CT molecular complexity index is 1390. The van der Waals surface area contributed by atoms with Crippen LogP contribution in [-0.4, -0.2) is 23.4 Å². The Morgan fingerprint density at radius 3 is 2.54 bits per heavy atom. The summed E-state index contributed by atoms with van der Waals surface area (Å²) < 4.78 is 12.1. The van der Waals surface area contributed by atoms with Crippen LogP contribution in [0.4, 0.5) is 11.4 Å². The molecule has 3 rings (SSSR count). The average molecular weight is 676 g/mol. The van der Waals surface area contributed by atoms with Gasteiger partial charge in [0.15, 0.2) is 0 Å². The maximum absolute atomic E-state index is 12.7. The van der Waals surface area contributed by atoms with E-state index < -0.39 is 16.8 Å². The van der Waals surface area contributed by atoms with Crippen molar-refractivity contribution in [3.8, 4) is 11.8 Å². The zero-order valence-electron chi connectivity index (χ0n) is 19.4. The molecule has 0 heterocycles. The first-order chi connectivity index (χ1) is 17.7. The van der Waals surface area contributed by atoms with Gasteiger partial charge in [0.2, 0.25) is 0 Å². The van der Waals surface area contributed by atoms with Crippen molar-refractivity contribution in [2.45, 2.75) is 13.5 Å². The fourth-order valence-corrected chi connectivity index (χ4v) is 4.90. The summed E-state index contributed by atoms with van der Waals surface area (Å²) in [5.74, 6) is -0.548. The molecule has 1 amide bonds. The largest absolute Gasteiger partial charge is 0.487 e. The molecule has 0 spiro atoms. The van der Waals surface area contributed by atoms with E-state index in [0.29, 0.717) is 36.2 Å². The highest BCUT2D eigenvalue weighted by molar-refractivity contribution is 14.1. The molecule has 3 aromatic carbocycles. The molecule has 0 bridgehead atoms. The molecular weight excluding hydrogens is 657 g/mol. The normalized spacial score (nSPS) is 10.8. The number of nitro benzene ring substituents is 1. The van der Waals surface area contributed by atoms with Gasteiger partial charge in [-0.3, -0.25) is 14.9 Å². The fraction of sp³-hybridized carbons (Fsp3) is 0.115. The molecule has 0 aliphatic carbocycles. The molecular formula is C26H19BrIN3O6. The number of nitro groups is 1. The minimum atomic E-state index is -0.608. The van der Waals surface area contributed by atoms with Gasteiger partial charge in [0.1, 0.15) is 24.0 Å². The van der Waals surface area contributed by atoms with Crippen LogP contribution in [0.3, 0.4) is 0 Å². The summed E-state index contributed by atoms with van der Waals surface area (Å²) >= 11 is 5.52. The number of nitriles is 1. The lowest BCUT2D eigenvalue weighted by molar-refractivity contribution is -0.384. The fourth-order valence-electron chi connectivity index (χ4n) is 3.13. The number of halogens is 2. The first-order valence-electron chi connectivity index (χ1n) is 10.8. The Balaban J connectivity index is 1.72. The van der Waals surface area contributed by atoms with Crippen LogP contribution in [0, 0.1) is 25.0 Å². The molecule has 11 heteroatoms. The van der Waals surface area contributed by atoms with Gasteiger partial charge < -0.3 is 14.8 Å². The van der Waals surface area contributed by atoms with Crippen molar-refractivity contribution < 1.29 is 24.0 Å². The zero-order chi connectivity index (χ0) is 26.9. The molecule has 188 valence electrons. The van der Waals surface area contributed by atoms with E-state index in [1.54, 1.807) is 43.3 Å². The summed E-state index contributed by atoms with van der Waals surface area (Å²) in [6.45, 7) is 2.09. The molecule has 3 aromatic rings. The van der Waals surface area contributed by atoms with Crippen molar-refractivity contribution in [1.82, 2.24) is 0 Å². The highest BCUT2D eigenvalue weighted by atomic mass is 127. The van der Waals surface area contributed by atoms with Crippen molar-refractivity contribution in [3.05, 3.63) is 101 Å². The predicted octanol–water partition coefficient (Wildman–Crippen LogP) is 6.26. The number of hydrogen-bond donors (Lipinski definition) is 1. The Hall–Kier alpha value is -3.76. The number of non-ortho nitro benzene ring substituents is 1. The smallest absolute Gasteiger partial charge is 0.338 e. The zero-order valence-corrected chi connectivity index (χ0v) is 23.1. The van der Waals surface area contributed by atoms with Gasteiger partial charge in [-0.05, 0) is 99.0 Å². The van der Waals surface area contributed by atoms with Crippen LogP contribution in [0.15, 0.2) is 70.7 Å². The number of rotatable bonds is 9. The summed E-state index contributed by atoms with van der Waals surface area (Å²) in [6.07, 6.45) is 1.44. The van der Waals surface area contributed by atoms with Crippen LogP contribution in [0.25, 0.3) is 6.08 Å². The highest BCUT2D eigenvalue weighted by Gasteiger charge is 2.14. The summed E-state index contributed by atoms with van der Waals surface area (Å²) in [5, 5.41) is 23.2. The number of carbonyl (C=O) groups excluding carboxylic acids is 2. The molecule has 0 saturated heterocycles. The van der Waals surface area contributed by atoms with E-state index in [1.165, 1.54) is 30.3 Å². The summed E-state index contributed by atoms with van der Waals surface area (Å²) in [6, 6.07) is 17.7. The average Bonchev–Trinajstić information content (AvgIpc) is 2.87. The van der Waals surface area contributed by atoms with Gasteiger partial charge in [-0.1, -0.05) is 12.1 Å². The molecule has 0 atom stereocenters. The third-order valence-corrected chi connectivity index (χ3v) is 6.25. The van der Waals surface area contributed by atoms with Gasteiger partial charge >= 0.3 is 5.97 Å². The monoisotopic (exact) mass is 675 g/mol. The summed E-state index contributed by atoms with van der Waals surface area (Å²) in [5.41, 5.74) is 1.85. The Labute approximate surface area is 234 Å². The Morgan fingerprint density at radius 1 is 1.19 bits per heavy atom. The molecule has 0 aliphatic rings. The molecule has 0 radical (unpaired) electrons. The number of amides is 1. The standard InChI is InChI=1S/C26H19BrIN3O6/c1-2-36-26(33)18-6-8-20(9-7-18)30-25(32)19(14-29)10-17-12-22(27)24(23(28)13-17)37-15-16-4-3-5-21(11-16)31(34)35/h3-13H,2,15H2,1H3,(H,30,32)/b19-10+. The minimum Gasteiger partial charge on any atom is -0.487 e. The van der Waals surface area contributed by atoms with Crippen molar-refractivity contribution in [3.63, 3.8) is 0 Å². The third kappa shape index (κ3) is 7.61. The number of benzene rings is 3. The number of nitrogens with zero attached hydrogens (tertiary/aromatic N) is 2. The van der Waals surface area contributed by atoms with Gasteiger partial charge in [-0.2, -0.15) is 5.26 Å². The quantitative estimate of drug-likeness (QED) is 0.0707. The van der Waals surface area contributed by atoms with Crippen molar-refractivity contribution in [2.75, 3.05) is 11.9 Å². The van der Waals surface area contributed by atoms with Gasteiger partial charge in [-0.15, -0.1) is 0 Å². The van der Waals surface area contributed by atoms with Crippen molar-refractivity contribution >= 4 is 67.8 Å². The Kier molecular flexibility index (Phi) is 9.76. The molecule has 0 unspecified atom stereocenters. The molecule has 9 nitrogen and oxygen atoms in total.